The standard InChI is InChI=1S/C27H21O4P/c28-26(29)21-16-20(17-22(18-21)27(30)31)19-32(23-10-4-1-5-11-23,24-12-6-2-7-13-24)25-14-8-3-9-15-25/h1-18H,19H2,(H-,28,29,30,31). The molecule has 0 aliphatic carbocycles. The molecule has 0 amide bonds. The van der Waals surface area contributed by atoms with Crippen LogP contribution in [0.15, 0.2) is 109 Å². The van der Waals surface area contributed by atoms with Crippen molar-refractivity contribution in [1.82, 2.24) is 0 Å². The number of benzene rings is 4. The number of carboxylic acids is 2. The first-order chi connectivity index (χ1) is 15.5. The molecule has 0 spiro atoms. The Balaban J connectivity index is 2.01. The van der Waals surface area contributed by atoms with E-state index in [1.807, 2.05) is 54.6 Å². The van der Waals surface area contributed by atoms with E-state index in [0.29, 0.717) is 11.7 Å². The molecule has 5 heteroatoms. The predicted octanol–water partition coefficient (Wildman–Crippen LogP) is 3.24. The normalized spacial score (nSPS) is 11.1. The van der Waals surface area contributed by atoms with E-state index in [-0.39, 0.29) is 11.1 Å². The van der Waals surface area contributed by atoms with Crippen LogP contribution >= 0.6 is 7.26 Å². The van der Waals surface area contributed by atoms with Crippen molar-refractivity contribution in [2.45, 2.75) is 6.16 Å². The van der Waals surface area contributed by atoms with Crippen molar-refractivity contribution in [3.05, 3.63) is 126 Å². The predicted molar refractivity (Wildman–Crippen MR) is 127 cm³/mol. The van der Waals surface area contributed by atoms with Crippen molar-refractivity contribution in [2.24, 2.45) is 0 Å². The van der Waals surface area contributed by atoms with Gasteiger partial charge in [0.2, 0.25) is 0 Å². The molecular weight excluding hydrogens is 419 g/mol. The Labute approximate surface area is 187 Å². The van der Waals surface area contributed by atoms with Gasteiger partial charge in [-0.05, 0) is 65.7 Å². The molecule has 0 aromatic heterocycles. The van der Waals surface area contributed by atoms with Crippen molar-refractivity contribution in [3.8, 4) is 0 Å². The zero-order chi connectivity index (χ0) is 22.6. The Morgan fingerprint density at radius 1 is 0.656 bits per heavy atom. The highest BCUT2D eigenvalue weighted by Crippen LogP contribution is 2.58. The minimum Gasteiger partial charge on any atom is -0.545 e. The van der Waals surface area contributed by atoms with E-state index in [4.69, 9.17) is 0 Å². The lowest BCUT2D eigenvalue weighted by molar-refractivity contribution is -0.255. The first-order valence-electron chi connectivity index (χ1n) is 10.1. The summed E-state index contributed by atoms with van der Waals surface area (Å²) in [5.74, 6) is -2.56. The Morgan fingerprint density at radius 2 is 1.06 bits per heavy atom. The number of hydrogen-bond acceptors (Lipinski definition) is 3. The number of aromatic carboxylic acids is 2. The quantitative estimate of drug-likeness (QED) is 0.448. The molecular formula is C27H21O4P. The number of carbonyl (C=O) groups is 2. The third-order valence-corrected chi connectivity index (χ3v) is 9.86. The molecule has 4 nitrogen and oxygen atoms in total. The zero-order valence-electron chi connectivity index (χ0n) is 17.2. The third-order valence-electron chi connectivity index (χ3n) is 5.49. The van der Waals surface area contributed by atoms with Gasteiger partial charge in [-0.25, -0.2) is 4.79 Å². The van der Waals surface area contributed by atoms with Crippen LogP contribution in [-0.4, -0.2) is 17.0 Å². The molecule has 0 bridgehead atoms. The highest BCUT2D eigenvalue weighted by Gasteiger charge is 2.45. The molecule has 0 atom stereocenters. The third kappa shape index (κ3) is 4.18. The van der Waals surface area contributed by atoms with Gasteiger partial charge < -0.3 is 15.0 Å². The van der Waals surface area contributed by atoms with E-state index in [2.05, 4.69) is 36.4 Å². The maximum atomic E-state index is 11.7. The van der Waals surface area contributed by atoms with Crippen molar-refractivity contribution in [2.75, 3.05) is 0 Å². The summed E-state index contributed by atoms with van der Waals surface area (Å²) in [5, 5.41) is 24.6. The number of hydrogen-bond donors (Lipinski definition) is 1. The molecule has 0 unspecified atom stereocenters. The molecule has 0 heterocycles. The summed E-state index contributed by atoms with van der Waals surface area (Å²) in [7, 11) is -2.28. The molecule has 158 valence electrons. The Kier molecular flexibility index (Phi) is 6.16. The van der Waals surface area contributed by atoms with E-state index in [9.17, 15) is 19.8 Å². The monoisotopic (exact) mass is 440 g/mol. The molecule has 0 aliphatic heterocycles. The Bertz CT molecular complexity index is 1110. The molecule has 4 aromatic carbocycles. The van der Waals surface area contributed by atoms with Crippen LogP contribution < -0.4 is 21.0 Å². The summed E-state index contributed by atoms with van der Waals surface area (Å²) < 4.78 is 0. The first-order valence-corrected chi connectivity index (χ1v) is 12.1. The Hall–Kier alpha value is -3.75. The van der Waals surface area contributed by atoms with Crippen LogP contribution in [-0.2, 0) is 6.16 Å². The Morgan fingerprint density at radius 3 is 1.44 bits per heavy atom. The smallest absolute Gasteiger partial charge is 0.335 e. The van der Waals surface area contributed by atoms with Crippen molar-refractivity contribution in [3.63, 3.8) is 0 Å². The van der Waals surface area contributed by atoms with Gasteiger partial charge in [0.15, 0.2) is 0 Å². The number of carboxylic acid groups (broad SMARTS) is 2. The molecule has 0 saturated carbocycles. The summed E-state index contributed by atoms with van der Waals surface area (Å²) in [5.41, 5.74) is 0.454. The van der Waals surface area contributed by atoms with Crippen LogP contribution in [0.1, 0.15) is 26.3 Å². The van der Waals surface area contributed by atoms with E-state index in [1.54, 1.807) is 6.07 Å². The summed E-state index contributed by atoms with van der Waals surface area (Å²) >= 11 is 0. The molecule has 4 rings (SSSR count). The van der Waals surface area contributed by atoms with Crippen molar-refractivity contribution in [1.29, 1.82) is 0 Å². The summed E-state index contributed by atoms with van der Waals surface area (Å²) in [6.45, 7) is 0. The zero-order valence-corrected chi connectivity index (χ0v) is 18.1. The second-order valence-electron chi connectivity index (χ2n) is 7.49. The van der Waals surface area contributed by atoms with Gasteiger partial charge in [0, 0.05) is 0 Å². The van der Waals surface area contributed by atoms with E-state index >= 15 is 0 Å². The second-order valence-corrected chi connectivity index (χ2v) is 11.0. The lowest BCUT2D eigenvalue weighted by Gasteiger charge is -2.28. The fourth-order valence-electron chi connectivity index (χ4n) is 4.07. The van der Waals surface area contributed by atoms with Gasteiger partial charge in [0.05, 0.1) is 17.7 Å². The molecule has 32 heavy (non-hydrogen) atoms. The minimum atomic E-state index is -2.28. The first kappa shape index (κ1) is 21.5. The van der Waals surface area contributed by atoms with Crippen molar-refractivity contribution < 1.29 is 19.8 Å². The second kappa shape index (κ2) is 9.17. The van der Waals surface area contributed by atoms with Gasteiger partial charge >= 0.3 is 5.97 Å². The lowest BCUT2D eigenvalue weighted by Crippen LogP contribution is -2.32. The minimum absolute atomic E-state index is 0.0611. The number of rotatable bonds is 7. The topological polar surface area (TPSA) is 77.4 Å². The molecule has 0 aliphatic rings. The highest BCUT2D eigenvalue weighted by molar-refractivity contribution is 7.95. The summed E-state index contributed by atoms with van der Waals surface area (Å²) in [6.07, 6.45) is 0.479. The molecule has 0 fully saturated rings. The van der Waals surface area contributed by atoms with Crippen LogP contribution in [0, 0.1) is 0 Å². The largest absolute Gasteiger partial charge is 0.545 e. The molecule has 1 N–H and O–H groups in total. The average Bonchev–Trinajstić information content (AvgIpc) is 2.84. The van der Waals surface area contributed by atoms with Gasteiger partial charge in [-0.3, -0.25) is 0 Å². The van der Waals surface area contributed by atoms with Gasteiger partial charge in [-0.2, -0.15) is 0 Å². The molecule has 4 aromatic rings. The van der Waals surface area contributed by atoms with E-state index in [0.717, 1.165) is 22.0 Å². The van der Waals surface area contributed by atoms with E-state index < -0.39 is 19.2 Å². The van der Waals surface area contributed by atoms with Gasteiger partial charge in [-0.15, -0.1) is 0 Å². The van der Waals surface area contributed by atoms with Crippen LogP contribution in [0.5, 0.6) is 0 Å². The lowest BCUT2D eigenvalue weighted by atomic mass is 10.1. The molecule has 0 saturated heterocycles. The fraction of sp³-hybridized carbons (Fsp3) is 0.0370. The average molecular weight is 440 g/mol. The molecule has 0 radical (unpaired) electrons. The summed E-state index contributed by atoms with van der Waals surface area (Å²) in [4.78, 5) is 23.3. The highest BCUT2D eigenvalue weighted by atomic mass is 31.2. The van der Waals surface area contributed by atoms with E-state index in [1.165, 1.54) is 6.07 Å². The van der Waals surface area contributed by atoms with Gasteiger partial charge in [0.1, 0.15) is 23.2 Å². The fourth-order valence-corrected chi connectivity index (χ4v) is 8.28. The maximum absolute atomic E-state index is 11.7. The van der Waals surface area contributed by atoms with Crippen LogP contribution in [0.3, 0.4) is 0 Å². The summed E-state index contributed by atoms with van der Waals surface area (Å²) in [6, 6.07) is 34.7. The van der Waals surface area contributed by atoms with Crippen molar-refractivity contribution >= 4 is 35.1 Å². The van der Waals surface area contributed by atoms with Crippen LogP contribution in [0.25, 0.3) is 0 Å². The SMILES string of the molecule is O=C([O-])c1cc(C[P+](c2ccccc2)(c2ccccc2)c2ccccc2)cc(C(=O)O)c1. The van der Waals surface area contributed by atoms with Gasteiger partial charge in [-0.1, -0.05) is 54.6 Å². The maximum Gasteiger partial charge on any atom is 0.335 e. The van der Waals surface area contributed by atoms with Gasteiger partial charge in [0.25, 0.3) is 0 Å². The van der Waals surface area contributed by atoms with Crippen LogP contribution in [0.2, 0.25) is 0 Å². The number of carbonyl (C=O) groups excluding carboxylic acids is 1. The van der Waals surface area contributed by atoms with Crippen LogP contribution in [0.4, 0.5) is 0 Å².